The lowest BCUT2D eigenvalue weighted by molar-refractivity contribution is 0.0720. The number of amides is 1. The molecule has 1 heterocycles. The highest BCUT2D eigenvalue weighted by molar-refractivity contribution is 6.07. The van der Waals surface area contributed by atoms with E-state index < -0.39 is 0 Å². The van der Waals surface area contributed by atoms with E-state index in [1.54, 1.807) is 7.11 Å². The van der Waals surface area contributed by atoms with Crippen LogP contribution < -0.4 is 10.1 Å². The maximum Gasteiger partial charge on any atom is 0.254 e. The number of nitrogens with one attached hydrogen (secondary N) is 1. The zero-order chi connectivity index (χ0) is 18.6. The van der Waals surface area contributed by atoms with Crippen LogP contribution in [0, 0.1) is 0 Å². The van der Waals surface area contributed by atoms with Crippen LogP contribution >= 0.6 is 0 Å². The van der Waals surface area contributed by atoms with Crippen molar-refractivity contribution in [3.05, 3.63) is 72.3 Å². The summed E-state index contributed by atoms with van der Waals surface area (Å²) in [5, 5.41) is 5.70. The summed E-state index contributed by atoms with van der Waals surface area (Å²) in [6.45, 7) is 1.52. The summed E-state index contributed by atoms with van der Waals surface area (Å²) in [5.41, 5.74) is 1.81. The van der Waals surface area contributed by atoms with Crippen LogP contribution in [0.3, 0.4) is 0 Å². The molecule has 1 amide bonds. The highest BCUT2D eigenvalue weighted by Crippen LogP contribution is 2.27. The van der Waals surface area contributed by atoms with Gasteiger partial charge in [0, 0.05) is 24.7 Å². The number of anilines is 1. The Morgan fingerprint density at radius 3 is 2.48 bits per heavy atom. The van der Waals surface area contributed by atoms with Gasteiger partial charge in [-0.2, -0.15) is 0 Å². The summed E-state index contributed by atoms with van der Waals surface area (Å²) in [6, 6.07) is 22.3. The van der Waals surface area contributed by atoms with Crippen molar-refractivity contribution in [2.24, 2.45) is 0 Å². The van der Waals surface area contributed by atoms with E-state index in [1.807, 2.05) is 59.5 Å². The number of methoxy groups -OCH3 is 1. The average Bonchev–Trinajstić information content (AvgIpc) is 2.74. The first-order valence-electron chi connectivity index (χ1n) is 9.43. The Balaban J connectivity index is 1.44. The van der Waals surface area contributed by atoms with Crippen LogP contribution in [0.25, 0.3) is 10.8 Å². The topological polar surface area (TPSA) is 41.6 Å². The third-order valence-corrected chi connectivity index (χ3v) is 5.27. The SMILES string of the molecule is COc1ccccc1NC1CCN(C(=O)c2cccc3ccccc23)CC1. The first-order valence-corrected chi connectivity index (χ1v) is 9.43. The lowest BCUT2D eigenvalue weighted by Crippen LogP contribution is -2.42. The largest absolute Gasteiger partial charge is 0.495 e. The smallest absolute Gasteiger partial charge is 0.254 e. The fourth-order valence-electron chi connectivity index (χ4n) is 3.79. The van der Waals surface area contributed by atoms with Crippen LogP contribution in [0.5, 0.6) is 5.75 Å². The average molecular weight is 360 g/mol. The van der Waals surface area contributed by atoms with E-state index in [0.29, 0.717) is 6.04 Å². The third kappa shape index (κ3) is 3.61. The first kappa shape index (κ1) is 17.4. The van der Waals surface area contributed by atoms with E-state index in [0.717, 1.165) is 53.7 Å². The molecule has 0 spiro atoms. The lowest BCUT2D eigenvalue weighted by atomic mass is 10.0. The van der Waals surface area contributed by atoms with E-state index in [2.05, 4.69) is 17.4 Å². The van der Waals surface area contributed by atoms with Gasteiger partial charge in [0.05, 0.1) is 12.8 Å². The number of rotatable bonds is 4. The molecule has 1 N–H and O–H groups in total. The maximum atomic E-state index is 13.1. The Hall–Kier alpha value is -3.01. The van der Waals surface area contributed by atoms with Crippen LogP contribution in [-0.2, 0) is 0 Å². The molecule has 1 fully saturated rings. The minimum absolute atomic E-state index is 0.127. The molecular formula is C23H24N2O2. The predicted octanol–water partition coefficient (Wildman–Crippen LogP) is 4.57. The number of hydrogen-bond acceptors (Lipinski definition) is 3. The number of piperidine rings is 1. The van der Waals surface area contributed by atoms with Crippen molar-refractivity contribution in [1.29, 1.82) is 0 Å². The maximum absolute atomic E-state index is 13.1. The Morgan fingerprint density at radius 2 is 1.67 bits per heavy atom. The van der Waals surface area contributed by atoms with Crippen LogP contribution in [0.2, 0.25) is 0 Å². The molecule has 3 aromatic rings. The molecule has 0 aromatic heterocycles. The molecule has 1 aliphatic heterocycles. The number of hydrogen-bond donors (Lipinski definition) is 1. The monoisotopic (exact) mass is 360 g/mol. The minimum Gasteiger partial charge on any atom is -0.495 e. The predicted molar refractivity (Wildman–Crippen MR) is 109 cm³/mol. The normalized spacial score (nSPS) is 14.9. The molecule has 4 nitrogen and oxygen atoms in total. The van der Waals surface area contributed by atoms with E-state index in [9.17, 15) is 4.79 Å². The first-order chi connectivity index (χ1) is 13.3. The number of ether oxygens (including phenoxy) is 1. The molecule has 27 heavy (non-hydrogen) atoms. The zero-order valence-corrected chi connectivity index (χ0v) is 15.5. The standard InChI is InChI=1S/C23H24N2O2/c1-27-22-12-5-4-11-21(22)24-18-13-15-25(16-14-18)23(26)20-10-6-8-17-7-2-3-9-19(17)20/h2-12,18,24H,13-16H2,1H3. The number of para-hydroxylation sites is 2. The number of fused-ring (bicyclic) bond motifs is 1. The van der Waals surface area contributed by atoms with E-state index in [-0.39, 0.29) is 5.91 Å². The van der Waals surface area contributed by atoms with Crippen molar-refractivity contribution in [3.8, 4) is 5.75 Å². The molecule has 0 radical (unpaired) electrons. The molecule has 4 rings (SSSR count). The molecule has 0 atom stereocenters. The van der Waals surface area contributed by atoms with Crippen molar-refractivity contribution in [2.75, 3.05) is 25.5 Å². The summed E-state index contributed by atoms with van der Waals surface area (Å²) < 4.78 is 5.42. The summed E-state index contributed by atoms with van der Waals surface area (Å²) in [5.74, 6) is 0.981. The molecule has 0 unspecified atom stereocenters. The van der Waals surface area contributed by atoms with E-state index in [1.165, 1.54) is 0 Å². The molecule has 4 heteroatoms. The number of carbonyl (C=O) groups excluding carboxylic acids is 1. The van der Waals surface area contributed by atoms with Gasteiger partial charge in [0.15, 0.2) is 0 Å². The molecular weight excluding hydrogens is 336 g/mol. The van der Waals surface area contributed by atoms with E-state index >= 15 is 0 Å². The summed E-state index contributed by atoms with van der Waals surface area (Å²) in [6.07, 6.45) is 1.85. The van der Waals surface area contributed by atoms with Gasteiger partial charge in [0.1, 0.15) is 5.75 Å². The Kier molecular flexibility index (Phi) is 4.97. The molecule has 3 aromatic carbocycles. The molecule has 138 valence electrons. The number of likely N-dealkylation sites (tertiary alicyclic amines) is 1. The Labute approximate surface area is 159 Å². The van der Waals surface area contributed by atoms with Crippen LogP contribution in [0.1, 0.15) is 23.2 Å². The van der Waals surface area contributed by atoms with Crippen LogP contribution in [-0.4, -0.2) is 37.0 Å². The van der Waals surface area contributed by atoms with Gasteiger partial charge in [-0.05, 0) is 41.8 Å². The van der Waals surface area contributed by atoms with Gasteiger partial charge < -0.3 is 15.0 Å². The van der Waals surface area contributed by atoms with E-state index in [4.69, 9.17) is 4.74 Å². The summed E-state index contributed by atoms with van der Waals surface area (Å²) in [4.78, 5) is 15.0. The fourth-order valence-corrected chi connectivity index (χ4v) is 3.79. The quantitative estimate of drug-likeness (QED) is 0.741. The van der Waals surface area contributed by atoms with Crippen molar-refractivity contribution >= 4 is 22.4 Å². The summed E-state index contributed by atoms with van der Waals surface area (Å²) in [7, 11) is 1.69. The second-order valence-corrected chi connectivity index (χ2v) is 6.94. The second kappa shape index (κ2) is 7.70. The van der Waals surface area contributed by atoms with Gasteiger partial charge in [0.25, 0.3) is 5.91 Å². The van der Waals surface area contributed by atoms with Crippen molar-refractivity contribution in [1.82, 2.24) is 4.90 Å². The zero-order valence-electron chi connectivity index (χ0n) is 15.5. The molecule has 0 saturated carbocycles. The molecule has 0 bridgehead atoms. The van der Waals surface area contributed by atoms with Gasteiger partial charge in [-0.1, -0.05) is 48.5 Å². The highest BCUT2D eigenvalue weighted by atomic mass is 16.5. The lowest BCUT2D eigenvalue weighted by Gasteiger charge is -2.33. The second-order valence-electron chi connectivity index (χ2n) is 6.94. The summed E-state index contributed by atoms with van der Waals surface area (Å²) >= 11 is 0. The third-order valence-electron chi connectivity index (χ3n) is 5.27. The van der Waals surface area contributed by atoms with Crippen molar-refractivity contribution in [3.63, 3.8) is 0 Å². The van der Waals surface area contributed by atoms with Crippen molar-refractivity contribution < 1.29 is 9.53 Å². The number of nitrogens with zero attached hydrogens (tertiary/aromatic N) is 1. The minimum atomic E-state index is 0.127. The van der Waals surface area contributed by atoms with Gasteiger partial charge in [-0.25, -0.2) is 0 Å². The molecule has 0 aliphatic carbocycles. The Morgan fingerprint density at radius 1 is 0.963 bits per heavy atom. The van der Waals surface area contributed by atoms with Crippen LogP contribution in [0.4, 0.5) is 5.69 Å². The van der Waals surface area contributed by atoms with Gasteiger partial charge in [-0.15, -0.1) is 0 Å². The van der Waals surface area contributed by atoms with Crippen LogP contribution in [0.15, 0.2) is 66.7 Å². The van der Waals surface area contributed by atoms with Gasteiger partial charge >= 0.3 is 0 Å². The molecule has 1 saturated heterocycles. The van der Waals surface area contributed by atoms with Crippen molar-refractivity contribution in [2.45, 2.75) is 18.9 Å². The molecule has 1 aliphatic rings. The fraction of sp³-hybridized carbons (Fsp3) is 0.261. The highest BCUT2D eigenvalue weighted by Gasteiger charge is 2.25. The van der Waals surface area contributed by atoms with Gasteiger partial charge in [0.2, 0.25) is 0 Å². The number of benzene rings is 3. The Bertz CT molecular complexity index is 941. The number of carbonyl (C=O) groups is 1. The van der Waals surface area contributed by atoms with Gasteiger partial charge in [-0.3, -0.25) is 4.79 Å².